The normalized spacial score (nSPS) is 11.4. The predicted octanol–water partition coefficient (Wildman–Crippen LogP) is 3.48. The lowest BCUT2D eigenvalue weighted by Crippen LogP contribution is -2.26. The van der Waals surface area contributed by atoms with Crippen LogP contribution in [0.4, 0.5) is 10.1 Å². The van der Waals surface area contributed by atoms with Crippen LogP contribution in [0.5, 0.6) is 0 Å². The lowest BCUT2D eigenvalue weighted by molar-refractivity contribution is -0.118. The molecule has 0 saturated heterocycles. The molecule has 0 unspecified atom stereocenters. The van der Waals surface area contributed by atoms with Crippen LogP contribution in [0.2, 0.25) is 0 Å². The highest BCUT2D eigenvalue weighted by molar-refractivity contribution is 7.90. The van der Waals surface area contributed by atoms with Gasteiger partial charge in [0.15, 0.2) is 21.5 Å². The molecule has 0 bridgehead atoms. The molecule has 146 valence electrons. The number of carbonyl (C=O) groups excluding carboxylic acids is 1. The molecule has 1 aromatic heterocycles. The van der Waals surface area contributed by atoms with Gasteiger partial charge in [-0.2, -0.15) is 0 Å². The van der Waals surface area contributed by atoms with Gasteiger partial charge >= 0.3 is 0 Å². The largest absolute Gasteiger partial charge is 0.441 e. The number of hydrogen-bond acceptors (Lipinski definition) is 5. The molecule has 3 rings (SSSR count). The number of benzene rings is 2. The van der Waals surface area contributed by atoms with E-state index in [0.717, 1.165) is 6.26 Å². The van der Waals surface area contributed by atoms with Crippen molar-refractivity contribution in [3.63, 3.8) is 0 Å². The van der Waals surface area contributed by atoms with Crippen LogP contribution >= 0.6 is 0 Å². The van der Waals surface area contributed by atoms with E-state index in [1.54, 1.807) is 37.5 Å². The maximum absolute atomic E-state index is 13.0. The Bertz CT molecular complexity index is 1070. The van der Waals surface area contributed by atoms with E-state index in [1.807, 2.05) is 0 Å². The highest BCUT2D eigenvalue weighted by Gasteiger charge is 2.15. The van der Waals surface area contributed by atoms with E-state index in [-0.39, 0.29) is 23.0 Å². The first-order chi connectivity index (χ1) is 13.2. The molecule has 0 N–H and O–H groups in total. The Morgan fingerprint density at radius 1 is 1.11 bits per heavy atom. The van der Waals surface area contributed by atoms with Gasteiger partial charge in [-0.25, -0.2) is 17.8 Å². The van der Waals surface area contributed by atoms with Gasteiger partial charge in [-0.05, 0) is 48.5 Å². The highest BCUT2D eigenvalue weighted by atomic mass is 32.2. The van der Waals surface area contributed by atoms with E-state index >= 15 is 0 Å². The second-order valence-electron chi connectivity index (χ2n) is 6.34. The third kappa shape index (κ3) is 4.64. The molecular formula is C20H19FN2O4S. The van der Waals surface area contributed by atoms with Crippen molar-refractivity contribution in [1.29, 1.82) is 0 Å². The molecule has 8 heteroatoms. The van der Waals surface area contributed by atoms with Crippen LogP contribution in [0.15, 0.2) is 64.0 Å². The van der Waals surface area contributed by atoms with Crippen molar-refractivity contribution in [3.8, 4) is 11.3 Å². The van der Waals surface area contributed by atoms with Gasteiger partial charge in [0.05, 0.1) is 11.1 Å². The molecule has 6 nitrogen and oxygen atoms in total. The van der Waals surface area contributed by atoms with E-state index in [1.165, 1.54) is 29.2 Å². The highest BCUT2D eigenvalue weighted by Crippen LogP contribution is 2.22. The summed E-state index contributed by atoms with van der Waals surface area (Å²) in [6, 6.07) is 12.0. The number of rotatable bonds is 6. The van der Waals surface area contributed by atoms with Crippen LogP contribution in [-0.4, -0.2) is 32.6 Å². The van der Waals surface area contributed by atoms with Gasteiger partial charge in [0.25, 0.3) is 0 Å². The Morgan fingerprint density at radius 3 is 2.36 bits per heavy atom. The predicted molar refractivity (Wildman–Crippen MR) is 103 cm³/mol. The van der Waals surface area contributed by atoms with Crippen LogP contribution in [-0.2, 0) is 21.1 Å². The van der Waals surface area contributed by atoms with E-state index in [9.17, 15) is 17.6 Å². The molecule has 0 saturated carbocycles. The molecule has 0 atom stereocenters. The Kier molecular flexibility index (Phi) is 5.60. The molecule has 3 aromatic rings. The minimum Gasteiger partial charge on any atom is -0.441 e. The first-order valence-corrected chi connectivity index (χ1v) is 10.4. The van der Waals surface area contributed by atoms with Crippen molar-refractivity contribution >= 4 is 21.4 Å². The fraction of sp³-hybridized carbons (Fsp3) is 0.200. The molecule has 0 fully saturated rings. The summed E-state index contributed by atoms with van der Waals surface area (Å²) in [4.78, 5) is 18.2. The smallest absolute Gasteiger partial charge is 0.227 e. The van der Waals surface area contributed by atoms with E-state index in [4.69, 9.17) is 4.42 Å². The zero-order chi connectivity index (χ0) is 20.3. The Hall–Kier alpha value is -3.00. The summed E-state index contributed by atoms with van der Waals surface area (Å²) in [5, 5.41) is 0. The first-order valence-electron chi connectivity index (χ1n) is 8.51. The van der Waals surface area contributed by atoms with Gasteiger partial charge in [0.1, 0.15) is 5.82 Å². The van der Waals surface area contributed by atoms with Crippen molar-refractivity contribution in [2.24, 2.45) is 0 Å². The number of sulfone groups is 1. The van der Waals surface area contributed by atoms with Crippen molar-refractivity contribution in [2.75, 3.05) is 18.2 Å². The summed E-state index contributed by atoms with van der Waals surface area (Å²) in [6.07, 6.45) is 3.16. The number of aryl methyl sites for hydroxylation is 1. The molecule has 0 aliphatic rings. The number of amides is 1. The molecule has 0 spiro atoms. The number of carbonyl (C=O) groups is 1. The van der Waals surface area contributed by atoms with E-state index in [2.05, 4.69) is 4.98 Å². The summed E-state index contributed by atoms with van der Waals surface area (Å²) in [7, 11) is -1.66. The topological polar surface area (TPSA) is 80.5 Å². The second kappa shape index (κ2) is 7.93. The van der Waals surface area contributed by atoms with Crippen molar-refractivity contribution in [3.05, 3.63) is 66.4 Å². The molecule has 0 aliphatic heterocycles. The fourth-order valence-electron chi connectivity index (χ4n) is 2.62. The summed E-state index contributed by atoms with van der Waals surface area (Å²) in [5.41, 5.74) is 1.30. The summed E-state index contributed by atoms with van der Waals surface area (Å²) < 4.78 is 41.6. The van der Waals surface area contributed by atoms with Gasteiger partial charge in [-0.3, -0.25) is 4.79 Å². The van der Waals surface area contributed by atoms with Crippen LogP contribution in [0.25, 0.3) is 11.3 Å². The van der Waals surface area contributed by atoms with Crippen molar-refractivity contribution in [1.82, 2.24) is 4.98 Å². The molecule has 0 radical (unpaired) electrons. The van der Waals surface area contributed by atoms with Crippen LogP contribution < -0.4 is 4.90 Å². The second-order valence-corrected chi connectivity index (χ2v) is 8.36. The number of nitrogens with zero attached hydrogens (tertiary/aromatic N) is 2. The maximum Gasteiger partial charge on any atom is 0.227 e. The van der Waals surface area contributed by atoms with E-state index in [0.29, 0.717) is 29.3 Å². The number of anilines is 1. The van der Waals surface area contributed by atoms with Crippen molar-refractivity contribution in [2.45, 2.75) is 17.7 Å². The molecule has 0 aliphatic carbocycles. The quantitative estimate of drug-likeness (QED) is 0.631. The summed E-state index contributed by atoms with van der Waals surface area (Å²) in [5.74, 6) is 0.427. The molecule has 1 amide bonds. The number of hydrogen-bond donors (Lipinski definition) is 0. The SMILES string of the molecule is CN(C(=O)CCc1ncc(-c2ccc(F)cc2)o1)c1ccc(S(C)(=O)=O)cc1. The maximum atomic E-state index is 13.0. The zero-order valence-corrected chi connectivity index (χ0v) is 16.2. The number of halogens is 1. The molecular weight excluding hydrogens is 383 g/mol. The number of oxazole rings is 1. The third-order valence-corrected chi connectivity index (χ3v) is 5.39. The van der Waals surface area contributed by atoms with Crippen LogP contribution in [0, 0.1) is 5.82 Å². The summed E-state index contributed by atoms with van der Waals surface area (Å²) >= 11 is 0. The minimum absolute atomic E-state index is 0.159. The third-order valence-electron chi connectivity index (χ3n) is 4.26. The van der Waals surface area contributed by atoms with Gasteiger partial charge in [-0.15, -0.1) is 0 Å². The molecule has 2 aromatic carbocycles. The Labute approximate surface area is 162 Å². The average Bonchev–Trinajstić information content (AvgIpc) is 3.14. The molecule has 1 heterocycles. The summed E-state index contributed by atoms with van der Waals surface area (Å²) in [6.45, 7) is 0. The first kappa shape index (κ1) is 19.8. The van der Waals surface area contributed by atoms with Crippen LogP contribution in [0.1, 0.15) is 12.3 Å². The van der Waals surface area contributed by atoms with Gasteiger partial charge in [-0.1, -0.05) is 0 Å². The standard InChI is InChI=1S/C20H19FN2O4S/c1-23(16-7-9-17(10-8-16)28(2,25)26)20(24)12-11-19-22-13-18(27-19)14-3-5-15(21)6-4-14/h3-10,13H,11-12H2,1-2H3. The van der Waals surface area contributed by atoms with Gasteiger partial charge in [0, 0.05) is 37.4 Å². The van der Waals surface area contributed by atoms with Gasteiger partial charge in [0.2, 0.25) is 5.91 Å². The average molecular weight is 402 g/mol. The molecule has 28 heavy (non-hydrogen) atoms. The minimum atomic E-state index is -3.28. The van der Waals surface area contributed by atoms with Crippen molar-refractivity contribution < 1.29 is 22.0 Å². The lowest BCUT2D eigenvalue weighted by Gasteiger charge is -2.17. The Morgan fingerprint density at radius 2 is 1.75 bits per heavy atom. The van der Waals surface area contributed by atoms with Gasteiger partial charge < -0.3 is 9.32 Å². The van der Waals surface area contributed by atoms with Crippen LogP contribution in [0.3, 0.4) is 0 Å². The number of aromatic nitrogens is 1. The van der Waals surface area contributed by atoms with E-state index < -0.39 is 9.84 Å². The Balaban J connectivity index is 1.61. The zero-order valence-electron chi connectivity index (χ0n) is 15.4. The monoisotopic (exact) mass is 402 g/mol. The lowest BCUT2D eigenvalue weighted by atomic mass is 10.2. The fourth-order valence-corrected chi connectivity index (χ4v) is 3.25.